The zero-order chi connectivity index (χ0) is 18.3. The molecular formula is C21H20O5. The summed E-state index contributed by atoms with van der Waals surface area (Å²) in [5.41, 5.74) is 3.00. The van der Waals surface area contributed by atoms with E-state index in [4.69, 9.17) is 18.9 Å². The zero-order valence-corrected chi connectivity index (χ0v) is 15.0. The summed E-state index contributed by atoms with van der Waals surface area (Å²) < 4.78 is 22.3. The van der Waals surface area contributed by atoms with Gasteiger partial charge in [-0.25, -0.2) is 0 Å². The predicted molar refractivity (Wildman–Crippen MR) is 97.6 cm³/mol. The van der Waals surface area contributed by atoms with Gasteiger partial charge in [0.2, 0.25) is 0 Å². The quantitative estimate of drug-likeness (QED) is 0.789. The third kappa shape index (κ3) is 2.79. The minimum absolute atomic E-state index is 0.0676. The Balaban J connectivity index is 1.73. The third-order valence-corrected chi connectivity index (χ3v) is 4.68. The van der Waals surface area contributed by atoms with Gasteiger partial charge in [0.25, 0.3) is 0 Å². The highest BCUT2D eigenvalue weighted by Crippen LogP contribution is 2.37. The molecule has 5 heteroatoms. The van der Waals surface area contributed by atoms with Crippen LogP contribution in [-0.4, -0.2) is 32.7 Å². The van der Waals surface area contributed by atoms with Crippen molar-refractivity contribution in [1.82, 2.24) is 0 Å². The molecule has 2 aromatic carbocycles. The van der Waals surface area contributed by atoms with E-state index in [1.165, 1.54) is 0 Å². The minimum atomic E-state index is -0.0676. The van der Waals surface area contributed by atoms with Gasteiger partial charge in [-0.2, -0.15) is 0 Å². The van der Waals surface area contributed by atoms with Gasteiger partial charge in [0.05, 0.1) is 19.8 Å². The molecule has 0 radical (unpaired) electrons. The SMILES string of the molecule is COc1ccc2c(c1)C(=O)/C(=C/c1cc3c(cc1OC)CC(C)O3)CO2. The van der Waals surface area contributed by atoms with Crippen LogP contribution in [0, 0.1) is 0 Å². The Labute approximate surface area is 152 Å². The van der Waals surface area contributed by atoms with Crippen molar-refractivity contribution in [2.24, 2.45) is 0 Å². The topological polar surface area (TPSA) is 54.0 Å². The lowest BCUT2D eigenvalue weighted by Crippen LogP contribution is -2.19. The molecule has 0 amide bonds. The van der Waals surface area contributed by atoms with Crippen LogP contribution in [0.2, 0.25) is 0 Å². The summed E-state index contributed by atoms with van der Waals surface area (Å²) in [7, 11) is 3.20. The average Bonchev–Trinajstić information content (AvgIpc) is 3.02. The summed E-state index contributed by atoms with van der Waals surface area (Å²) in [4.78, 5) is 12.9. The normalized spacial score (nSPS) is 19.4. The lowest BCUT2D eigenvalue weighted by molar-refractivity contribution is 0.100. The van der Waals surface area contributed by atoms with Crippen molar-refractivity contribution in [3.8, 4) is 23.0 Å². The molecule has 5 nitrogen and oxygen atoms in total. The molecule has 0 aromatic heterocycles. The molecule has 0 saturated heterocycles. The maximum Gasteiger partial charge on any atom is 0.196 e. The van der Waals surface area contributed by atoms with Crippen LogP contribution in [0.15, 0.2) is 35.9 Å². The molecule has 0 bridgehead atoms. The van der Waals surface area contributed by atoms with Crippen LogP contribution in [0.4, 0.5) is 0 Å². The highest BCUT2D eigenvalue weighted by Gasteiger charge is 2.26. The van der Waals surface area contributed by atoms with Gasteiger partial charge in [0.15, 0.2) is 5.78 Å². The summed E-state index contributed by atoms with van der Waals surface area (Å²) in [6.45, 7) is 2.25. The average molecular weight is 352 g/mol. The fourth-order valence-corrected chi connectivity index (χ4v) is 3.37. The number of hydrogen-bond acceptors (Lipinski definition) is 5. The van der Waals surface area contributed by atoms with Gasteiger partial charge in [0.1, 0.15) is 35.7 Å². The van der Waals surface area contributed by atoms with Crippen LogP contribution in [-0.2, 0) is 6.42 Å². The van der Waals surface area contributed by atoms with E-state index in [1.807, 2.05) is 25.1 Å². The van der Waals surface area contributed by atoms with Crippen molar-refractivity contribution in [3.05, 3.63) is 52.6 Å². The standard InChI is InChI=1S/C21H20O5/c1-12-6-13-8-19(24-3)14(9-20(13)26-12)7-15-11-25-18-5-4-16(23-2)10-17(18)21(15)22/h4-5,7-10,12H,6,11H2,1-3H3/b15-7+. The monoisotopic (exact) mass is 352 g/mol. The molecule has 26 heavy (non-hydrogen) atoms. The second-order valence-corrected chi connectivity index (χ2v) is 6.48. The van der Waals surface area contributed by atoms with Crippen molar-refractivity contribution in [2.75, 3.05) is 20.8 Å². The highest BCUT2D eigenvalue weighted by atomic mass is 16.5. The Hall–Kier alpha value is -2.95. The second kappa shape index (κ2) is 6.41. The third-order valence-electron chi connectivity index (χ3n) is 4.68. The number of carbonyl (C=O) groups is 1. The lowest BCUT2D eigenvalue weighted by Gasteiger charge is -2.20. The molecule has 0 N–H and O–H groups in total. The molecular weight excluding hydrogens is 332 g/mol. The summed E-state index contributed by atoms with van der Waals surface area (Å²) >= 11 is 0. The first-order chi connectivity index (χ1) is 12.6. The van der Waals surface area contributed by atoms with E-state index in [2.05, 4.69) is 0 Å². The Morgan fingerprint density at radius 2 is 1.96 bits per heavy atom. The summed E-state index contributed by atoms with van der Waals surface area (Å²) in [6, 6.07) is 9.15. The summed E-state index contributed by atoms with van der Waals surface area (Å²) in [5.74, 6) is 2.70. The zero-order valence-electron chi connectivity index (χ0n) is 15.0. The van der Waals surface area contributed by atoms with Crippen molar-refractivity contribution in [2.45, 2.75) is 19.4 Å². The van der Waals surface area contributed by atoms with Crippen LogP contribution in [0.25, 0.3) is 6.08 Å². The maximum atomic E-state index is 12.9. The molecule has 2 heterocycles. The molecule has 0 saturated carbocycles. The predicted octanol–water partition coefficient (Wildman–Crippen LogP) is 3.69. The number of ketones is 1. The van der Waals surface area contributed by atoms with E-state index in [0.29, 0.717) is 22.6 Å². The molecule has 0 aliphatic carbocycles. The Kier molecular flexibility index (Phi) is 4.07. The highest BCUT2D eigenvalue weighted by molar-refractivity contribution is 6.14. The van der Waals surface area contributed by atoms with Crippen molar-refractivity contribution >= 4 is 11.9 Å². The van der Waals surface area contributed by atoms with E-state index in [-0.39, 0.29) is 18.5 Å². The molecule has 1 unspecified atom stereocenters. The van der Waals surface area contributed by atoms with Gasteiger partial charge < -0.3 is 18.9 Å². The van der Waals surface area contributed by atoms with Crippen LogP contribution in [0.1, 0.15) is 28.4 Å². The molecule has 0 spiro atoms. The molecule has 2 aromatic rings. The molecule has 2 aliphatic heterocycles. The number of carbonyl (C=O) groups excluding carboxylic acids is 1. The molecule has 134 valence electrons. The molecule has 1 atom stereocenters. The summed E-state index contributed by atoms with van der Waals surface area (Å²) in [5, 5.41) is 0. The fourth-order valence-electron chi connectivity index (χ4n) is 3.37. The molecule has 2 aliphatic rings. The van der Waals surface area contributed by atoms with Gasteiger partial charge in [-0.3, -0.25) is 4.79 Å². The van der Waals surface area contributed by atoms with Crippen molar-refractivity contribution < 1.29 is 23.7 Å². The first kappa shape index (κ1) is 16.5. The number of Topliss-reactive ketones (excluding diaryl/α,β-unsaturated/α-hetero) is 1. The maximum absolute atomic E-state index is 12.9. The summed E-state index contributed by atoms with van der Waals surface area (Å²) in [6.07, 6.45) is 2.82. The molecule has 0 fully saturated rings. The van der Waals surface area contributed by atoms with E-state index >= 15 is 0 Å². The number of benzene rings is 2. The van der Waals surface area contributed by atoms with Crippen LogP contribution < -0.4 is 18.9 Å². The lowest BCUT2D eigenvalue weighted by atomic mass is 9.97. The largest absolute Gasteiger partial charge is 0.497 e. The second-order valence-electron chi connectivity index (χ2n) is 6.48. The van der Waals surface area contributed by atoms with Gasteiger partial charge in [-0.1, -0.05) is 0 Å². The fraction of sp³-hybridized carbons (Fsp3) is 0.286. The van der Waals surface area contributed by atoms with Crippen LogP contribution in [0.3, 0.4) is 0 Å². The first-order valence-corrected chi connectivity index (χ1v) is 8.52. The van der Waals surface area contributed by atoms with Gasteiger partial charge in [0, 0.05) is 23.1 Å². The van der Waals surface area contributed by atoms with Crippen molar-refractivity contribution in [1.29, 1.82) is 0 Å². The Bertz CT molecular complexity index is 913. The Morgan fingerprint density at radius 3 is 2.73 bits per heavy atom. The number of fused-ring (bicyclic) bond motifs is 2. The smallest absolute Gasteiger partial charge is 0.196 e. The molecule has 4 rings (SSSR count). The van der Waals surface area contributed by atoms with Crippen LogP contribution >= 0.6 is 0 Å². The van der Waals surface area contributed by atoms with E-state index in [1.54, 1.807) is 32.4 Å². The van der Waals surface area contributed by atoms with E-state index in [9.17, 15) is 4.79 Å². The number of rotatable bonds is 3. The van der Waals surface area contributed by atoms with Crippen LogP contribution in [0.5, 0.6) is 23.0 Å². The number of methoxy groups -OCH3 is 2. The minimum Gasteiger partial charge on any atom is -0.497 e. The van der Waals surface area contributed by atoms with Gasteiger partial charge in [-0.15, -0.1) is 0 Å². The van der Waals surface area contributed by atoms with Gasteiger partial charge in [-0.05, 0) is 43.3 Å². The van der Waals surface area contributed by atoms with E-state index < -0.39 is 0 Å². The number of hydrogen-bond donors (Lipinski definition) is 0. The first-order valence-electron chi connectivity index (χ1n) is 8.52. The number of ether oxygens (including phenoxy) is 4. The Morgan fingerprint density at radius 1 is 1.12 bits per heavy atom. The van der Waals surface area contributed by atoms with Crippen molar-refractivity contribution in [3.63, 3.8) is 0 Å². The van der Waals surface area contributed by atoms with E-state index in [0.717, 1.165) is 29.0 Å². The van der Waals surface area contributed by atoms with Gasteiger partial charge >= 0.3 is 0 Å².